The fraction of sp³-hybridized carbons (Fsp3) is 0.267. The molecule has 8 nitrogen and oxygen atoms in total. The van der Waals surface area contributed by atoms with E-state index in [0.717, 1.165) is 185 Å². The highest BCUT2D eigenvalue weighted by molar-refractivity contribution is 9.09. The molecule has 9 rings (SSSR count). The molecule has 0 atom stereocenters. The molecule has 2 aliphatic rings. The summed E-state index contributed by atoms with van der Waals surface area (Å²) in [7, 11) is 0. The summed E-state index contributed by atoms with van der Waals surface area (Å²) in [6.07, 6.45) is 16.7. The van der Waals surface area contributed by atoms with Crippen molar-refractivity contribution in [3.8, 4) is 67.5 Å². The van der Waals surface area contributed by atoms with Gasteiger partial charge in [0, 0.05) is 65.6 Å². The van der Waals surface area contributed by atoms with Gasteiger partial charge in [-0.15, -0.1) is 0 Å². The Kier molecular flexibility index (Phi) is 18.6. The first-order valence-electron chi connectivity index (χ1n) is 24.9. The molecule has 370 valence electrons. The third-order valence-electron chi connectivity index (χ3n) is 12.5. The van der Waals surface area contributed by atoms with E-state index in [-0.39, 0.29) is 0 Å². The molecule has 0 fully saturated rings. The summed E-state index contributed by atoms with van der Waals surface area (Å²) >= 11 is 14.2. The number of aromatic amines is 2. The van der Waals surface area contributed by atoms with E-state index in [1.165, 1.54) is 0 Å². The Labute approximate surface area is 456 Å². The van der Waals surface area contributed by atoms with Crippen LogP contribution in [0.3, 0.4) is 0 Å². The standard InChI is InChI=1S/C60H58Br4N4O4/c61-33-1-5-37-69-45-17-9-41(10-18-45)57-49-25-27-51(65-49)58(42-11-19-46(20-12-42)70-38-6-2-34-62)53-29-31-55(67-53)60(44-15-23-48(24-16-44)72-40-8-4-36-64)56-32-30-54(68-56)59(52-28-26-50(57)66-52)43-13-21-47(22-14-43)71-39-7-3-35-63/h9-32,65,68H,1-8,33-40H2. The smallest absolute Gasteiger partial charge is 0.119 e. The fourth-order valence-corrected chi connectivity index (χ4v) is 10.4. The maximum atomic E-state index is 6.16. The van der Waals surface area contributed by atoms with E-state index in [9.17, 15) is 0 Å². The first-order valence-corrected chi connectivity index (χ1v) is 29.3. The van der Waals surface area contributed by atoms with Gasteiger partial charge >= 0.3 is 0 Å². The summed E-state index contributed by atoms with van der Waals surface area (Å²) in [5.41, 5.74) is 15.0. The number of H-pyrrole nitrogens is 2. The predicted octanol–water partition coefficient (Wildman–Crippen LogP) is 17.5. The zero-order valence-corrected chi connectivity index (χ0v) is 46.6. The Morgan fingerprint density at radius 2 is 0.514 bits per heavy atom. The summed E-state index contributed by atoms with van der Waals surface area (Å²) in [6, 6.07) is 42.2. The fourth-order valence-electron chi connectivity index (χ4n) is 8.84. The van der Waals surface area contributed by atoms with E-state index in [1.807, 2.05) is 0 Å². The van der Waals surface area contributed by atoms with Gasteiger partial charge in [-0.1, -0.05) is 112 Å². The molecule has 72 heavy (non-hydrogen) atoms. The minimum Gasteiger partial charge on any atom is -0.494 e. The monoisotopic (exact) mass is 1210 g/mol. The number of rotatable bonds is 24. The molecule has 0 aliphatic carbocycles. The van der Waals surface area contributed by atoms with Crippen molar-refractivity contribution in [2.45, 2.75) is 51.4 Å². The first-order chi connectivity index (χ1) is 35.5. The van der Waals surface area contributed by atoms with E-state index in [2.05, 4.69) is 219 Å². The number of hydrogen-bond acceptors (Lipinski definition) is 6. The van der Waals surface area contributed by atoms with E-state index < -0.39 is 0 Å². The molecule has 8 bridgehead atoms. The number of unbranched alkanes of at least 4 members (excludes halogenated alkanes) is 4. The third-order valence-corrected chi connectivity index (χ3v) is 14.8. The molecular weight excluding hydrogens is 1160 g/mol. The zero-order valence-electron chi connectivity index (χ0n) is 40.2. The lowest BCUT2D eigenvalue weighted by atomic mass is 10.0. The average Bonchev–Trinajstić information content (AvgIpc) is 4.27. The van der Waals surface area contributed by atoms with Crippen LogP contribution in [0.5, 0.6) is 23.0 Å². The molecule has 0 radical (unpaired) electrons. The van der Waals surface area contributed by atoms with Crippen LogP contribution in [-0.2, 0) is 0 Å². The number of ether oxygens (including phenoxy) is 4. The van der Waals surface area contributed by atoms with E-state index in [0.29, 0.717) is 26.4 Å². The number of fused-ring (bicyclic) bond motifs is 8. The largest absolute Gasteiger partial charge is 0.494 e. The van der Waals surface area contributed by atoms with Gasteiger partial charge in [-0.3, -0.25) is 0 Å². The van der Waals surface area contributed by atoms with Crippen molar-refractivity contribution in [3.63, 3.8) is 0 Å². The Morgan fingerprint density at radius 3 is 0.722 bits per heavy atom. The minimum absolute atomic E-state index is 0.664. The summed E-state index contributed by atoms with van der Waals surface area (Å²) < 4.78 is 24.7. The molecule has 4 aromatic carbocycles. The summed E-state index contributed by atoms with van der Waals surface area (Å²) in [5, 5.41) is 3.85. The number of nitrogens with one attached hydrogen (secondary N) is 2. The quantitative estimate of drug-likeness (QED) is 0.0462. The van der Waals surface area contributed by atoms with Crippen molar-refractivity contribution in [2.24, 2.45) is 0 Å². The Balaban J connectivity index is 1.27. The Morgan fingerprint density at radius 1 is 0.292 bits per heavy atom. The van der Waals surface area contributed by atoms with Crippen molar-refractivity contribution in [2.75, 3.05) is 47.7 Å². The van der Waals surface area contributed by atoms with Crippen molar-refractivity contribution in [1.29, 1.82) is 0 Å². The van der Waals surface area contributed by atoms with Crippen molar-refractivity contribution in [3.05, 3.63) is 144 Å². The van der Waals surface area contributed by atoms with Crippen LogP contribution in [0.1, 0.15) is 74.1 Å². The number of aromatic nitrogens is 4. The highest BCUT2D eigenvalue weighted by Crippen LogP contribution is 2.39. The molecule has 0 saturated carbocycles. The van der Waals surface area contributed by atoms with Gasteiger partial charge in [0.25, 0.3) is 0 Å². The van der Waals surface area contributed by atoms with Crippen LogP contribution in [0.15, 0.2) is 121 Å². The Hall–Kier alpha value is -5.40. The van der Waals surface area contributed by atoms with Crippen LogP contribution in [0, 0.1) is 0 Å². The SMILES string of the molecule is BrCCCCOc1ccc(-c2c3nc(c(-c4ccc(OCCCCBr)cc4)c4ccc([nH]4)c(-c4ccc(OCCCCBr)cc4)c4nc(c(-c5ccc(OCCCCBr)cc5)c5ccc2[nH]5)C=C4)C=C3)cc1. The summed E-state index contributed by atoms with van der Waals surface area (Å²) in [6.45, 7) is 2.66. The number of benzene rings is 4. The Bertz CT molecular complexity index is 2720. The molecule has 0 amide bonds. The topological polar surface area (TPSA) is 94.3 Å². The minimum atomic E-state index is 0.664. The molecule has 0 spiro atoms. The highest BCUT2D eigenvalue weighted by atomic mass is 79.9. The maximum Gasteiger partial charge on any atom is 0.119 e. The van der Waals surface area contributed by atoms with Crippen molar-refractivity contribution < 1.29 is 18.9 Å². The van der Waals surface area contributed by atoms with Gasteiger partial charge in [0.05, 0.1) is 49.2 Å². The molecule has 12 heteroatoms. The zero-order chi connectivity index (χ0) is 49.5. The summed E-state index contributed by atoms with van der Waals surface area (Å²) in [4.78, 5) is 18.8. The van der Waals surface area contributed by atoms with Gasteiger partial charge in [0.15, 0.2) is 0 Å². The molecule has 3 aromatic heterocycles. The maximum absolute atomic E-state index is 6.16. The van der Waals surface area contributed by atoms with Gasteiger partial charge < -0.3 is 28.9 Å². The lowest BCUT2D eigenvalue weighted by Crippen LogP contribution is -1.97. The van der Waals surface area contributed by atoms with Crippen LogP contribution >= 0.6 is 63.7 Å². The lowest BCUT2D eigenvalue weighted by molar-refractivity contribution is 0.310. The first kappa shape index (κ1) is 51.5. The second kappa shape index (κ2) is 26.0. The van der Waals surface area contributed by atoms with Gasteiger partial charge in [0.2, 0.25) is 0 Å². The van der Waals surface area contributed by atoms with Gasteiger partial charge in [-0.25, -0.2) is 9.97 Å². The highest BCUT2D eigenvalue weighted by Gasteiger charge is 2.20. The number of halogens is 4. The van der Waals surface area contributed by atoms with Gasteiger partial charge in [-0.05, 0) is 171 Å². The van der Waals surface area contributed by atoms with E-state index >= 15 is 0 Å². The molecule has 0 saturated heterocycles. The second-order valence-electron chi connectivity index (χ2n) is 17.6. The molecule has 7 aromatic rings. The predicted molar refractivity (Wildman–Crippen MR) is 315 cm³/mol. The molecular formula is C60H58Br4N4O4. The van der Waals surface area contributed by atoms with Crippen molar-refractivity contribution in [1.82, 2.24) is 19.9 Å². The van der Waals surface area contributed by atoms with Crippen LogP contribution in [0.4, 0.5) is 0 Å². The number of nitrogens with zero attached hydrogens (tertiary/aromatic N) is 2. The van der Waals surface area contributed by atoms with E-state index in [1.54, 1.807) is 0 Å². The van der Waals surface area contributed by atoms with Crippen LogP contribution in [0.2, 0.25) is 0 Å². The second-order valence-corrected chi connectivity index (χ2v) is 20.8. The number of alkyl halides is 4. The summed E-state index contributed by atoms with van der Waals surface area (Å²) in [5.74, 6) is 3.35. The van der Waals surface area contributed by atoms with Gasteiger partial charge in [-0.2, -0.15) is 0 Å². The number of hydrogen-bond donors (Lipinski definition) is 2. The van der Waals surface area contributed by atoms with Crippen LogP contribution in [-0.4, -0.2) is 67.7 Å². The third kappa shape index (κ3) is 12.9. The lowest BCUT2D eigenvalue weighted by Gasteiger charge is -2.10. The van der Waals surface area contributed by atoms with Crippen molar-refractivity contribution >= 4 is 110 Å². The normalized spacial score (nSPS) is 11.8. The van der Waals surface area contributed by atoms with Crippen LogP contribution < -0.4 is 18.9 Å². The molecule has 2 N–H and O–H groups in total. The average molecular weight is 1220 g/mol. The molecule has 5 heterocycles. The molecule has 0 unspecified atom stereocenters. The van der Waals surface area contributed by atoms with E-state index in [4.69, 9.17) is 28.9 Å². The molecule has 2 aliphatic heterocycles. The van der Waals surface area contributed by atoms with Crippen LogP contribution in [0.25, 0.3) is 90.9 Å². The van der Waals surface area contributed by atoms with Gasteiger partial charge in [0.1, 0.15) is 23.0 Å².